The molecule has 1 saturated heterocycles. The van der Waals surface area contributed by atoms with E-state index in [1.54, 1.807) is 25.3 Å². The van der Waals surface area contributed by atoms with E-state index >= 15 is 0 Å². The first kappa shape index (κ1) is 18.0. The summed E-state index contributed by atoms with van der Waals surface area (Å²) >= 11 is 6.02. The number of nitrogens with two attached hydrogens (primary N) is 1. The Morgan fingerprint density at radius 2 is 2.13 bits per heavy atom. The number of carbonyl (C=O) groups is 1. The van der Waals surface area contributed by atoms with E-state index in [4.69, 9.17) is 26.8 Å². The summed E-state index contributed by atoms with van der Waals surface area (Å²) in [5, 5.41) is 0.612. The van der Waals surface area contributed by atoms with Gasteiger partial charge in [0, 0.05) is 30.3 Å². The van der Waals surface area contributed by atoms with Gasteiger partial charge in [-0.15, -0.1) is 0 Å². The molecular weight excluding hydrogens is 316 g/mol. The second-order valence-corrected chi connectivity index (χ2v) is 6.16. The zero-order valence-corrected chi connectivity index (χ0v) is 14.3. The zero-order valence-electron chi connectivity index (χ0n) is 13.6. The Hall–Kier alpha value is -1.30. The number of benzene rings is 1. The first-order valence-electron chi connectivity index (χ1n) is 8.06. The maximum Gasteiger partial charge on any atom is 0.227 e. The number of rotatable bonds is 7. The van der Waals surface area contributed by atoms with Crippen LogP contribution in [-0.2, 0) is 16.0 Å². The molecule has 2 N–H and O–H groups in total. The van der Waals surface area contributed by atoms with Gasteiger partial charge in [-0.1, -0.05) is 11.6 Å². The smallest absolute Gasteiger partial charge is 0.227 e. The number of piperidine rings is 1. The Morgan fingerprint density at radius 1 is 1.39 bits per heavy atom. The molecule has 0 radical (unpaired) electrons. The Balaban J connectivity index is 1.84. The molecule has 0 saturated carbocycles. The minimum Gasteiger partial charge on any atom is -0.496 e. The van der Waals surface area contributed by atoms with Crippen LogP contribution in [-0.4, -0.2) is 50.3 Å². The van der Waals surface area contributed by atoms with Crippen LogP contribution >= 0.6 is 11.6 Å². The molecule has 0 aliphatic carbocycles. The highest BCUT2D eigenvalue weighted by Crippen LogP contribution is 2.24. The van der Waals surface area contributed by atoms with Gasteiger partial charge in [-0.3, -0.25) is 4.79 Å². The van der Waals surface area contributed by atoms with Gasteiger partial charge in [0.25, 0.3) is 0 Å². The maximum absolute atomic E-state index is 12.5. The van der Waals surface area contributed by atoms with E-state index in [9.17, 15) is 4.79 Å². The van der Waals surface area contributed by atoms with E-state index < -0.39 is 0 Å². The molecule has 1 aromatic rings. The number of amides is 1. The van der Waals surface area contributed by atoms with Gasteiger partial charge in [0.2, 0.25) is 5.91 Å². The monoisotopic (exact) mass is 340 g/mol. The van der Waals surface area contributed by atoms with Gasteiger partial charge >= 0.3 is 0 Å². The molecule has 1 aromatic carbocycles. The lowest BCUT2D eigenvalue weighted by molar-refractivity contribution is -0.133. The van der Waals surface area contributed by atoms with Gasteiger partial charge in [0.1, 0.15) is 5.75 Å². The summed E-state index contributed by atoms with van der Waals surface area (Å²) in [4.78, 5) is 14.4. The molecule has 0 unspecified atom stereocenters. The lowest BCUT2D eigenvalue weighted by Crippen LogP contribution is -2.41. The van der Waals surface area contributed by atoms with Crippen molar-refractivity contribution >= 4 is 17.5 Å². The first-order valence-corrected chi connectivity index (χ1v) is 8.43. The Morgan fingerprint density at radius 3 is 2.78 bits per heavy atom. The molecule has 128 valence electrons. The van der Waals surface area contributed by atoms with Crippen molar-refractivity contribution in [2.24, 2.45) is 5.73 Å². The molecule has 1 fully saturated rings. The summed E-state index contributed by atoms with van der Waals surface area (Å²) in [5.74, 6) is 0.800. The lowest BCUT2D eigenvalue weighted by Gasteiger charge is -2.32. The summed E-state index contributed by atoms with van der Waals surface area (Å²) in [5.41, 5.74) is 6.29. The molecule has 0 aromatic heterocycles. The average molecular weight is 341 g/mol. The number of methoxy groups -OCH3 is 1. The van der Waals surface area contributed by atoms with Gasteiger partial charge in [-0.25, -0.2) is 0 Å². The molecule has 0 atom stereocenters. The van der Waals surface area contributed by atoms with Crippen molar-refractivity contribution < 1.29 is 14.3 Å². The Kier molecular flexibility index (Phi) is 7.15. The fourth-order valence-corrected chi connectivity index (χ4v) is 2.96. The van der Waals surface area contributed by atoms with Crippen molar-refractivity contribution in [1.82, 2.24) is 4.90 Å². The number of likely N-dealkylation sites (tertiary alicyclic amines) is 1. The van der Waals surface area contributed by atoms with Crippen LogP contribution in [0.15, 0.2) is 18.2 Å². The normalized spacial score (nSPS) is 15.7. The van der Waals surface area contributed by atoms with E-state index in [0.717, 1.165) is 37.9 Å². The van der Waals surface area contributed by atoms with Gasteiger partial charge in [-0.05, 0) is 44.0 Å². The topological polar surface area (TPSA) is 64.8 Å². The average Bonchev–Trinajstić information content (AvgIpc) is 2.56. The van der Waals surface area contributed by atoms with Gasteiger partial charge in [-0.2, -0.15) is 0 Å². The summed E-state index contributed by atoms with van der Waals surface area (Å²) < 4.78 is 11.1. The van der Waals surface area contributed by atoms with Gasteiger partial charge in [0.15, 0.2) is 0 Å². The second-order valence-electron chi connectivity index (χ2n) is 5.73. The number of hydrogen-bond acceptors (Lipinski definition) is 4. The van der Waals surface area contributed by atoms with E-state index in [1.165, 1.54) is 0 Å². The van der Waals surface area contributed by atoms with Crippen molar-refractivity contribution in [3.8, 4) is 5.75 Å². The zero-order chi connectivity index (χ0) is 16.7. The van der Waals surface area contributed by atoms with Crippen LogP contribution in [0, 0.1) is 0 Å². The standard InChI is InChI=1S/C17H25ClN2O3/c1-22-16-4-3-14(18)11-13(16)12-17(21)20-8-5-15(6-9-20)23-10-2-7-19/h3-4,11,15H,2,5-10,12,19H2,1H3. The van der Waals surface area contributed by atoms with E-state index in [-0.39, 0.29) is 12.0 Å². The van der Waals surface area contributed by atoms with E-state index in [1.807, 2.05) is 4.90 Å². The third kappa shape index (κ3) is 5.37. The second kappa shape index (κ2) is 9.11. The number of carbonyl (C=O) groups excluding carboxylic acids is 1. The molecule has 23 heavy (non-hydrogen) atoms. The van der Waals surface area contributed by atoms with Crippen molar-refractivity contribution in [3.05, 3.63) is 28.8 Å². The molecule has 1 amide bonds. The van der Waals surface area contributed by atoms with Crippen LogP contribution < -0.4 is 10.5 Å². The van der Waals surface area contributed by atoms with Crippen LogP contribution in [0.2, 0.25) is 5.02 Å². The molecular formula is C17H25ClN2O3. The van der Waals surface area contributed by atoms with E-state index in [2.05, 4.69) is 0 Å². The fourth-order valence-electron chi connectivity index (χ4n) is 2.77. The molecule has 0 bridgehead atoms. The van der Waals surface area contributed by atoms with Crippen LogP contribution in [0.25, 0.3) is 0 Å². The third-order valence-electron chi connectivity index (χ3n) is 4.08. The van der Waals surface area contributed by atoms with Crippen LogP contribution in [0.1, 0.15) is 24.8 Å². The molecule has 1 aliphatic heterocycles. The third-order valence-corrected chi connectivity index (χ3v) is 4.32. The first-order chi connectivity index (χ1) is 11.1. The summed E-state index contributed by atoms with van der Waals surface area (Å²) in [7, 11) is 1.60. The number of nitrogens with zero attached hydrogens (tertiary/aromatic N) is 1. The molecule has 1 aliphatic rings. The number of halogens is 1. The van der Waals surface area contributed by atoms with Crippen LogP contribution in [0.4, 0.5) is 0 Å². The Labute approximate surface area is 142 Å². The maximum atomic E-state index is 12.5. The summed E-state index contributed by atoms with van der Waals surface area (Å²) in [6.07, 6.45) is 3.19. The van der Waals surface area contributed by atoms with E-state index in [0.29, 0.717) is 30.3 Å². The molecule has 0 spiro atoms. The molecule has 6 heteroatoms. The fraction of sp³-hybridized carbons (Fsp3) is 0.588. The predicted molar refractivity (Wildman–Crippen MR) is 90.9 cm³/mol. The summed E-state index contributed by atoms with van der Waals surface area (Å²) in [6.45, 7) is 2.82. The molecule has 5 nitrogen and oxygen atoms in total. The highest BCUT2D eigenvalue weighted by molar-refractivity contribution is 6.30. The number of hydrogen-bond donors (Lipinski definition) is 1. The minimum absolute atomic E-state index is 0.103. The van der Waals surface area contributed by atoms with Crippen LogP contribution in [0.3, 0.4) is 0 Å². The molecule has 2 rings (SSSR count). The van der Waals surface area contributed by atoms with Crippen molar-refractivity contribution in [2.75, 3.05) is 33.4 Å². The predicted octanol–water partition coefficient (Wildman–Crippen LogP) is 2.25. The quantitative estimate of drug-likeness (QED) is 0.773. The lowest BCUT2D eigenvalue weighted by atomic mass is 10.1. The van der Waals surface area contributed by atoms with Gasteiger partial charge in [0.05, 0.1) is 19.6 Å². The largest absolute Gasteiger partial charge is 0.496 e. The summed E-state index contributed by atoms with van der Waals surface area (Å²) in [6, 6.07) is 5.35. The highest BCUT2D eigenvalue weighted by atomic mass is 35.5. The highest BCUT2D eigenvalue weighted by Gasteiger charge is 2.23. The molecule has 1 heterocycles. The van der Waals surface area contributed by atoms with Crippen molar-refractivity contribution in [2.45, 2.75) is 31.8 Å². The van der Waals surface area contributed by atoms with Crippen molar-refractivity contribution in [3.63, 3.8) is 0 Å². The Bertz CT molecular complexity index is 517. The van der Waals surface area contributed by atoms with Crippen molar-refractivity contribution in [1.29, 1.82) is 0 Å². The van der Waals surface area contributed by atoms with Crippen LogP contribution in [0.5, 0.6) is 5.75 Å². The van der Waals surface area contributed by atoms with Gasteiger partial charge < -0.3 is 20.1 Å². The minimum atomic E-state index is 0.103. The number of ether oxygens (including phenoxy) is 2. The SMILES string of the molecule is COc1ccc(Cl)cc1CC(=O)N1CCC(OCCCN)CC1.